The number of carbonyl (C=O) groups is 1. The molecule has 4 heteroatoms. The number of carbonyl (C=O) groups excluding carboxylic acids is 1. The Morgan fingerprint density at radius 2 is 2.50 bits per heavy atom. The molecule has 14 heavy (non-hydrogen) atoms. The largest absolute Gasteiger partial charge is 0.391 e. The van der Waals surface area contributed by atoms with Crippen LogP contribution in [0, 0.1) is 0 Å². The highest BCUT2D eigenvalue weighted by Gasteiger charge is 2.27. The lowest BCUT2D eigenvalue weighted by Crippen LogP contribution is -2.29. The van der Waals surface area contributed by atoms with Crippen molar-refractivity contribution in [1.82, 2.24) is 4.90 Å². The van der Waals surface area contributed by atoms with Crippen LogP contribution >= 0.6 is 0 Å². The second-order valence-electron chi connectivity index (χ2n) is 3.71. The molecule has 0 bridgehead atoms. The fourth-order valence-electron chi connectivity index (χ4n) is 1.39. The van der Waals surface area contributed by atoms with Crippen LogP contribution in [0.3, 0.4) is 0 Å². The molecule has 0 aromatic carbocycles. The van der Waals surface area contributed by atoms with Gasteiger partial charge in [0.2, 0.25) is 5.91 Å². The van der Waals surface area contributed by atoms with Gasteiger partial charge in [-0.3, -0.25) is 4.79 Å². The van der Waals surface area contributed by atoms with Crippen molar-refractivity contribution in [2.24, 2.45) is 0 Å². The topological polar surface area (TPSA) is 49.8 Å². The minimum atomic E-state index is -0.497. The van der Waals surface area contributed by atoms with E-state index in [0.29, 0.717) is 26.3 Å². The lowest BCUT2D eigenvalue weighted by Gasteiger charge is -2.15. The van der Waals surface area contributed by atoms with Crippen LogP contribution < -0.4 is 0 Å². The van der Waals surface area contributed by atoms with Crippen molar-refractivity contribution >= 4 is 5.91 Å². The van der Waals surface area contributed by atoms with Crippen LogP contribution in [-0.4, -0.2) is 48.3 Å². The van der Waals surface area contributed by atoms with E-state index in [9.17, 15) is 9.90 Å². The summed E-state index contributed by atoms with van der Waals surface area (Å²) in [5.41, 5.74) is 0.970. The van der Waals surface area contributed by atoms with Crippen LogP contribution in [0.25, 0.3) is 0 Å². The Bertz CT molecular complexity index is 227. The highest BCUT2D eigenvalue weighted by Crippen LogP contribution is 2.09. The van der Waals surface area contributed by atoms with Crippen molar-refractivity contribution in [3.8, 4) is 0 Å². The fourth-order valence-corrected chi connectivity index (χ4v) is 1.39. The van der Waals surface area contributed by atoms with Gasteiger partial charge in [0.05, 0.1) is 25.7 Å². The summed E-state index contributed by atoms with van der Waals surface area (Å²) in [5, 5.41) is 9.20. The molecule has 1 rings (SSSR count). The van der Waals surface area contributed by atoms with Crippen molar-refractivity contribution in [3.05, 3.63) is 12.2 Å². The van der Waals surface area contributed by atoms with Gasteiger partial charge < -0.3 is 14.7 Å². The number of nitrogens with zero attached hydrogens (tertiary/aromatic N) is 1. The average molecular weight is 199 g/mol. The van der Waals surface area contributed by atoms with Gasteiger partial charge in [-0.15, -0.1) is 0 Å². The summed E-state index contributed by atoms with van der Waals surface area (Å²) in [6.07, 6.45) is -0.246. The number of hydrogen-bond acceptors (Lipinski definition) is 3. The van der Waals surface area contributed by atoms with E-state index in [2.05, 4.69) is 6.58 Å². The monoisotopic (exact) mass is 199 g/mol. The predicted molar refractivity (Wildman–Crippen MR) is 52.8 cm³/mol. The third-order valence-electron chi connectivity index (χ3n) is 2.05. The Morgan fingerprint density at radius 1 is 1.79 bits per heavy atom. The number of ether oxygens (including phenoxy) is 1. The van der Waals surface area contributed by atoms with Gasteiger partial charge in [0.1, 0.15) is 0 Å². The van der Waals surface area contributed by atoms with Crippen LogP contribution in [-0.2, 0) is 9.53 Å². The van der Waals surface area contributed by atoms with Crippen LogP contribution in [0.2, 0.25) is 0 Å². The summed E-state index contributed by atoms with van der Waals surface area (Å²) < 4.78 is 5.27. The molecular weight excluding hydrogens is 182 g/mol. The first-order valence-electron chi connectivity index (χ1n) is 4.77. The molecule has 1 aliphatic heterocycles. The van der Waals surface area contributed by atoms with E-state index in [-0.39, 0.29) is 12.3 Å². The lowest BCUT2D eigenvalue weighted by molar-refractivity contribution is -0.128. The van der Waals surface area contributed by atoms with Gasteiger partial charge in [0, 0.05) is 13.1 Å². The average Bonchev–Trinajstić information content (AvgIpc) is 2.39. The fraction of sp³-hybridized carbons (Fsp3) is 0.700. The minimum Gasteiger partial charge on any atom is -0.391 e. The summed E-state index contributed by atoms with van der Waals surface area (Å²) in [6.45, 7) is 7.64. The van der Waals surface area contributed by atoms with Gasteiger partial charge >= 0.3 is 0 Å². The molecule has 0 saturated carbocycles. The second-order valence-corrected chi connectivity index (χ2v) is 3.71. The summed E-state index contributed by atoms with van der Waals surface area (Å²) in [7, 11) is 0. The van der Waals surface area contributed by atoms with Crippen LogP contribution in [0.1, 0.15) is 13.3 Å². The molecule has 0 spiro atoms. The smallest absolute Gasteiger partial charge is 0.225 e. The number of aliphatic hydroxyl groups is 1. The first-order chi connectivity index (χ1) is 6.59. The number of likely N-dealkylation sites (tertiary alicyclic amines) is 1. The SMILES string of the molecule is C=C(C)COCCN1CC(O)CC1=O. The van der Waals surface area contributed by atoms with Crippen LogP contribution in [0.5, 0.6) is 0 Å². The maximum absolute atomic E-state index is 11.2. The molecule has 1 aliphatic rings. The standard InChI is InChI=1S/C10H17NO3/c1-8(2)7-14-4-3-11-6-9(12)5-10(11)13/h9,12H,1,3-7H2,2H3. The zero-order valence-corrected chi connectivity index (χ0v) is 8.53. The van der Waals surface area contributed by atoms with E-state index in [0.717, 1.165) is 5.57 Å². The van der Waals surface area contributed by atoms with Crippen LogP contribution in [0.4, 0.5) is 0 Å². The third kappa shape index (κ3) is 3.47. The molecule has 0 aromatic heterocycles. The molecule has 1 fully saturated rings. The molecule has 0 radical (unpaired) electrons. The van der Waals surface area contributed by atoms with E-state index < -0.39 is 6.10 Å². The maximum Gasteiger partial charge on any atom is 0.225 e. The van der Waals surface area contributed by atoms with Gasteiger partial charge in [-0.05, 0) is 6.92 Å². The highest BCUT2D eigenvalue weighted by atomic mass is 16.5. The number of hydrogen-bond donors (Lipinski definition) is 1. The van der Waals surface area contributed by atoms with Gasteiger partial charge in [0.15, 0.2) is 0 Å². The Morgan fingerprint density at radius 3 is 3.00 bits per heavy atom. The molecule has 0 aliphatic carbocycles. The summed E-state index contributed by atoms with van der Waals surface area (Å²) in [5.74, 6) is 0.0106. The van der Waals surface area contributed by atoms with E-state index in [1.165, 1.54) is 0 Å². The first-order valence-corrected chi connectivity index (χ1v) is 4.77. The quantitative estimate of drug-likeness (QED) is 0.507. The molecule has 1 N–H and O–H groups in total. The van der Waals surface area contributed by atoms with E-state index >= 15 is 0 Å². The molecule has 0 aromatic rings. The zero-order valence-electron chi connectivity index (χ0n) is 8.53. The normalized spacial score (nSPS) is 21.7. The molecule has 1 atom stereocenters. The van der Waals surface area contributed by atoms with Gasteiger partial charge in [0.25, 0.3) is 0 Å². The van der Waals surface area contributed by atoms with Crippen LogP contribution in [0.15, 0.2) is 12.2 Å². The Kier molecular flexibility index (Phi) is 4.10. The Hall–Kier alpha value is -0.870. The number of aliphatic hydroxyl groups excluding tert-OH is 1. The predicted octanol–water partition coefficient (Wildman–Crippen LogP) is 0.172. The number of β-amino-alcohol motifs (C(OH)–C–C–N with tert-alkyl or cyclic N) is 1. The Balaban J connectivity index is 2.13. The van der Waals surface area contributed by atoms with Crippen molar-refractivity contribution in [1.29, 1.82) is 0 Å². The minimum absolute atomic E-state index is 0.0106. The van der Waals surface area contributed by atoms with Crippen molar-refractivity contribution in [3.63, 3.8) is 0 Å². The number of rotatable bonds is 5. The molecule has 4 nitrogen and oxygen atoms in total. The zero-order chi connectivity index (χ0) is 10.6. The van der Waals surface area contributed by atoms with E-state index in [4.69, 9.17) is 4.74 Å². The molecular formula is C10H17NO3. The lowest BCUT2D eigenvalue weighted by atomic mass is 10.3. The van der Waals surface area contributed by atoms with Gasteiger partial charge in [-0.2, -0.15) is 0 Å². The van der Waals surface area contributed by atoms with Crippen molar-refractivity contribution in [2.75, 3.05) is 26.3 Å². The Labute approximate surface area is 84.2 Å². The third-order valence-corrected chi connectivity index (χ3v) is 2.05. The van der Waals surface area contributed by atoms with E-state index in [1.54, 1.807) is 4.90 Å². The molecule has 1 unspecified atom stereocenters. The molecule has 1 heterocycles. The van der Waals surface area contributed by atoms with Gasteiger partial charge in [-0.1, -0.05) is 12.2 Å². The highest BCUT2D eigenvalue weighted by molar-refractivity contribution is 5.78. The maximum atomic E-state index is 11.2. The summed E-state index contributed by atoms with van der Waals surface area (Å²) in [6, 6.07) is 0. The second kappa shape index (κ2) is 5.12. The first kappa shape index (κ1) is 11.2. The van der Waals surface area contributed by atoms with Crippen molar-refractivity contribution < 1.29 is 14.6 Å². The number of amides is 1. The molecule has 1 saturated heterocycles. The molecule has 1 amide bonds. The molecule has 80 valence electrons. The van der Waals surface area contributed by atoms with Crippen molar-refractivity contribution in [2.45, 2.75) is 19.4 Å². The summed E-state index contributed by atoms with van der Waals surface area (Å²) >= 11 is 0. The van der Waals surface area contributed by atoms with E-state index in [1.807, 2.05) is 6.92 Å². The van der Waals surface area contributed by atoms with Gasteiger partial charge in [-0.25, -0.2) is 0 Å². The summed E-state index contributed by atoms with van der Waals surface area (Å²) in [4.78, 5) is 12.8.